The van der Waals surface area contributed by atoms with Crippen molar-refractivity contribution in [3.8, 4) is 0 Å². The fraction of sp³-hybridized carbons (Fsp3) is 0.0625. The zero-order valence-corrected chi connectivity index (χ0v) is 13.7. The summed E-state index contributed by atoms with van der Waals surface area (Å²) < 4.78 is 13.0. The molecule has 0 spiro atoms. The van der Waals surface area contributed by atoms with Crippen molar-refractivity contribution in [1.82, 2.24) is 10.7 Å². The van der Waals surface area contributed by atoms with E-state index in [2.05, 4.69) is 15.8 Å². The fourth-order valence-electron chi connectivity index (χ4n) is 1.71. The van der Waals surface area contributed by atoms with Gasteiger partial charge in [0, 0.05) is 5.56 Å². The lowest BCUT2D eigenvalue weighted by molar-refractivity contribution is -0.120. The number of nitrogens with zero attached hydrogens (tertiary/aromatic N) is 1. The first-order chi connectivity index (χ1) is 11.5. The first kappa shape index (κ1) is 17.9. The quantitative estimate of drug-likeness (QED) is 0.629. The van der Waals surface area contributed by atoms with Gasteiger partial charge in [0.25, 0.3) is 11.8 Å². The van der Waals surface area contributed by atoms with Gasteiger partial charge >= 0.3 is 0 Å². The van der Waals surface area contributed by atoms with Gasteiger partial charge in [0.05, 0.1) is 22.8 Å². The maximum Gasteiger partial charge on any atom is 0.259 e. The lowest BCUT2D eigenvalue weighted by atomic mass is 10.2. The van der Waals surface area contributed by atoms with E-state index in [1.165, 1.54) is 42.6 Å². The van der Waals surface area contributed by atoms with E-state index >= 15 is 0 Å². The molecule has 8 heteroatoms. The van der Waals surface area contributed by atoms with Crippen LogP contribution in [0.4, 0.5) is 4.39 Å². The van der Waals surface area contributed by atoms with E-state index in [1.807, 2.05) is 0 Å². The molecular formula is C16H12Cl2FN3O2. The summed E-state index contributed by atoms with van der Waals surface area (Å²) in [5, 5.41) is 6.67. The Hall–Kier alpha value is -2.44. The number of hydrogen-bond acceptors (Lipinski definition) is 3. The van der Waals surface area contributed by atoms with Crippen molar-refractivity contribution in [3.05, 3.63) is 69.5 Å². The lowest BCUT2D eigenvalue weighted by Gasteiger charge is -2.05. The summed E-state index contributed by atoms with van der Waals surface area (Å²) in [5.74, 6) is -1.41. The van der Waals surface area contributed by atoms with E-state index in [4.69, 9.17) is 23.2 Å². The molecule has 5 nitrogen and oxygen atoms in total. The highest BCUT2D eigenvalue weighted by molar-refractivity contribution is 6.42. The molecule has 0 saturated heterocycles. The smallest absolute Gasteiger partial charge is 0.259 e. The molecule has 2 rings (SSSR count). The molecule has 0 fully saturated rings. The van der Waals surface area contributed by atoms with Crippen LogP contribution in [0.15, 0.2) is 47.6 Å². The highest BCUT2D eigenvalue weighted by Gasteiger charge is 2.09. The van der Waals surface area contributed by atoms with E-state index in [0.29, 0.717) is 10.6 Å². The molecule has 2 N–H and O–H groups in total. The van der Waals surface area contributed by atoms with Gasteiger partial charge in [-0.15, -0.1) is 0 Å². The highest BCUT2D eigenvalue weighted by atomic mass is 35.5. The molecular weight excluding hydrogens is 356 g/mol. The largest absolute Gasteiger partial charge is 0.343 e. The summed E-state index contributed by atoms with van der Waals surface area (Å²) in [6, 6.07) is 10.1. The Kier molecular flexibility index (Phi) is 6.28. The van der Waals surface area contributed by atoms with Crippen LogP contribution >= 0.6 is 23.2 Å². The SMILES string of the molecule is O=C(CNC(=O)c1ccc(Cl)c(Cl)c1)N/N=C\c1cccc(F)c1. The Labute approximate surface area is 147 Å². The molecule has 124 valence electrons. The van der Waals surface area contributed by atoms with Crippen LogP contribution in [0, 0.1) is 5.82 Å². The molecule has 0 bridgehead atoms. The topological polar surface area (TPSA) is 70.6 Å². The molecule has 24 heavy (non-hydrogen) atoms. The summed E-state index contributed by atoms with van der Waals surface area (Å²) in [6.45, 7) is -0.278. The molecule has 0 aromatic heterocycles. The van der Waals surface area contributed by atoms with Crippen molar-refractivity contribution in [2.75, 3.05) is 6.54 Å². The predicted octanol–water partition coefficient (Wildman–Crippen LogP) is 3.01. The van der Waals surface area contributed by atoms with Gasteiger partial charge in [-0.05, 0) is 35.9 Å². The van der Waals surface area contributed by atoms with Crippen molar-refractivity contribution in [2.24, 2.45) is 5.10 Å². The van der Waals surface area contributed by atoms with E-state index < -0.39 is 17.6 Å². The van der Waals surface area contributed by atoms with Gasteiger partial charge in [-0.2, -0.15) is 5.10 Å². The number of benzene rings is 2. The number of hydrazone groups is 1. The van der Waals surface area contributed by atoms with Gasteiger partial charge in [0.15, 0.2) is 0 Å². The summed E-state index contributed by atoms with van der Waals surface area (Å²) in [5.41, 5.74) is 3.00. The molecule has 0 aliphatic rings. The second kappa shape index (κ2) is 8.42. The summed E-state index contributed by atoms with van der Waals surface area (Å²) in [4.78, 5) is 23.5. The van der Waals surface area contributed by atoms with Gasteiger partial charge < -0.3 is 5.32 Å². The minimum Gasteiger partial charge on any atom is -0.343 e. The van der Waals surface area contributed by atoms with Crippen LogP contribution in [-0.2, 0) is 4.79 Å². The zero-order valence-electron chi connectivity index (χ0n) is 12.2. The van der Waals surface area contributed by atoms with Gasteiger partial charge in [-0.3, -0.25) is 9.59 Å². The second-order valence-corrected chi connectivity index (χ2v) is 5.47. The maximum atomic E-state index is 13.0. The molecule has 2 aromatic carbocycles. The standard InChI is InChI=1S/C16H12Cl2FN3O2/c17-13-5-4-11(7-14(13)18)16(24)20-9-15(23)22-21-8-10-2-1-3-12(19)6-10/h1-8H,9H2,(H,20,24)(H,22,23)/b21-8-. The molecule has 0 radical (unpaired) electrons. The predicted molar refractivity (Wildman–Crippen MR) is 90.9 cm³/mol. The number of carbonyl (C=O) groups excluding carboxylic acids is 2. The van der Waals surface area contributed by atoms with Crippen molar-refractivity contribution in [3.63, 3.8) is 0 Å². The third kappa shape index (κ3) is 5.33. The monoisotopic (exact) mass is 367 g/mol. The van der Waals surface area contributed by atoms with Crippen LogP contribution in [0.25, 0.3) is 0 Å². The second-order valence-electron chi connectivity index (χ2n) is 4.66. The van der Waals surface area contributed by atoms with Crippen LogP contribution in [0.1, 0.15) is 15.9 Å². The number of carbonyl (C=O) groups is 2. The van der Waals surface area contributed by atoms with Crippen LogP contribution in [0.2, 0.25) is 10.0 Å². The normalized spacial score (nSPS) is 10.6. The average Bonchev–Trinajstić information content (AvgIpc) is 2.55. The number of hydrogen-bond donors (Lipinski definition) is 2. The Morgan fingerprint density at radius 2 is 1.92 bits per heavy atom. The van der Waals surface area contributed by atoms with E-state index in [1.54, 1.807) is 6.07 Å². The Morgan fingerprint density at radius 1 is 1.12 bits per heavy atom. The van der Waals surface area contributed by atoms with Crippen LogP contribution in [-0.4, -0.2) is 24.6 Å². The van der Waals surface area contributed by atoms with E-state index in [-0.39, 0.29) is 17.1 Å². The number of rotatable bonds is 5. The minimum atomic E-state index is -0.531. The molecule has 0 saturated carbocycles. The molecule has 2 aromatic rings. The summed E-state index contributed by atoms with van der Waals surface area (Å²) >= 11 is 11.6. The summed E-state index contributed by atoms with van der Waals surface area (Å²) in [6.07, 6.45) is 1.29. The highest BCUT2D eigenvalue weighted by Crippen LogP contribution is 2.22. The first-order valence-electron chi connectivity index (χ1n) is 6.76. The number of halogens is 3. The maximum absolute atomic E-state index is 13.0. The Bertz CT molecular complexity index is 797. The van der Waals surface area contributed by atoms with Gasteiger partial charge in [-0.1, -0.05) is 35.3 Å². The Balaban J connectivity index is 1.82. The van der Waals surface area contributed by atoms with Gasteiger partial charge in [0.2, 0.25) is 0 Å². The molecule has 0 aliphatic heterocycles. The first-order valence-corrected chi connectivity index (χ1v) is 7.52. The summed E-state index contributed by atoms with van der Waals surface area (Å²) in [7, 11) is 0. The fourth-order valence-corrected chi connectivity index (χ4v) is 2.00. The number of nitrogens with one attached hydrogen (secondary N) is 2. The van der Waals surface area contributed by atoms with Crippen molar-refractivity contribution < 1.29 is 14.0 Å². The van der Waals surface area contributed by atoms with Gasteiger partial charge in [0.1, 0.15) is 5.82 Å². The third-order valence-corrected chi connectivity index (χ3v) is 3.58. The van der Waals surface area contributed by atoms with Crippen LogP contribution in [0.5, 0.6) is 0 Å². The lowest BCUT2D eigenvalue weighted by Crippen LogP contribution is -2.34. The van der Waals surface area contributed by atoms with Crippen molar-refractivity contribution >= 4 is 41.2 Å². The van der Waals surface area contributed by atoms with Crippen LogP contribution < -0.4 is 10.7 Å². The molecule has 0 aliphatic carbocycles. The average molecular weight is 368 g/mol. The third-order valence-electron chi connectivity index (χ3n) is 2.84. The molecule has 0 unspecified atom stereocenters. The van der Waals surface area contributed by atoms with Crippen molar-refractivity contribution in [1.29, 1.82) is 0 Å². The molecule has 0 heterocycles. The molecule has 2 amide bonds. The zero-order chi connectivity index (χ0) is 17.5. The Morgan fingerprint density at radius 3 is 2.62 bits per heavy atom. The van der Waals surface area contributed by atoms with E-state index in [0.717, 1.165) is 0 Å². The van der Waals surface area contributed by atoms with Gasteiger partial charge in [-0.25, -0.2) is 9.82 Å². The number of amides is 2. The minimum absolute atomic E-state index is 0.244. The van der Waals surface area contributed by atoms with Crippen molar-refractivity contribution in [2.45, 2.75) is 0 Å². The molecule has 0 atom stereocenters. The van der Waals surface area contributed by atoms with Crippen LogP contribution in [0.3, 0.4) is 0 Å². The van der Waals surface area contributed by atoms with E-state index in [9.17, 15) is 14.0 Å².